The largest absolute Gasteiger partial charge is 0.468 e. The summed E-state index contributed by atoms with van der Waals surface area (Å²) < 4.78 is 36.1. The van der Waals surface area contributed by atoms with E-state index in [0.29, 0.717) is 18.6 Å². The zero-order chi connectivity index (χ0) is 13.8. The molecule has 1 aliphatic rings. The van der Waals surface area contributed by atoms with E-state index in [1.54, 1.807) is 0 Å². The number of hydrogen-bond donors (Lipinski definition) is 1. The average molecular weight is 271 g/mol. The molecule has 2 rings (SSSR count). The van der Waals surface area contributed by atoms with Gasteiger partial charge in [-0.1, -0.05) is 6.07 Å². The Morgan fingerprint density at radius 2 is 2.26 bits per heavy atom. The summed E-state index contributed by atoms with van der Waals surface area (Å²) in [5, 5.41) is 3.00. The van der Waals surface area contributed by atoms with E-state index in [1.165, 1.54) is 13.2 Å². The molecule has 1 saturated heterocycles. The molecule has 0 bridgehead atoms. The van der Waals surface area contributed by atoms with Crippen molar-refractivity contribution in [2.45, 2.75) is 18.6 Å². The lowest BCUT2D eigenvalue weighted by atomic mass is 10.0. The molecule has 1 aromatic rings. The zero-order valence-corrected chi connectivity index (χ0v) is 10.5. The molecular formula is C13H15F2NO3. The number of carbonyl (C=O) groups excluding carboxylic acids is 1. The SMILES string of the molecule is COC(=O)CN[C@@H]1CCO[C@H]1c1ccc(F)c(F)c1. The number of nitrogens with one attached hydrogen (secondary N) is 1. The van der Waals surface area contributed by atoms with Gasteiger partial charge in [0.25, 0.3) is 0 Å². The maximum atomic E-state index is 13.2. The van der Waals surface area contributed by atoms with Crippen LogP contribution < -0.4 is 5.32 Å². The summed E-state index contributed by atoms with van der Waals surface area (Å²) in [6.45, 7) is 0.563. The number of rotatable bonds is 4. The number of methoxy groups -OCH3 is 1. The van der Waals surface area contributed by atoms with Gasteiger partial charge in [-0.2, -0.15) is 0 Å². The summed E-state index contributed by atoms with van der Waals surface area (Å²) >= 11 is 0. The van der Waals surface area contributed by atoms with Crippen molar-refractivity contribution in [2.24, 2.45) is 0 Å². The van der Waals surface area contributed by atoms with Gasteiger partial charge in [0.15, 0.2) is 11.6 Å². The average Bonchev–Trinajstić information content (AvgIpc) is 2.87. The molecule has 19 heavy (non-hydrogen) atoms. The van der Waals surface area contributed by atoms with Crippen molar-refractivity contribution in [3.05, 3.63) is 35.4 Å². The summed E-state index contributed by atoms with van der Waals surface area (Å²) in [6.07, 6.45) is 0.306. The van der Waals surface area contributed by atoms with Crippen molar-refractivity contribution in [3.8, 4) is 0 Å². The molecule has 4 nitrogen and oxygen atoms in total. The van der Waals surface area contributed by atoms with E-state index in [0.717, 1.165) is 12.1 Å². The Morgan fingerprint density at radius 1 is 1.47 bits per heavy atom. The van der Waals surface area contributed by atoms with Crippen molar-refractivity contribution in [1.82, 2.24) is 5.32 Å². The van der Waals surface area contributed by atoms with E-state index in [-0.39, 0.29) is 24.7 Å². The fourth-order valence-electron chi connectivity index (χ4n) is 2.10. The first kappa shape index (κ1) is 13.9. The van der Waals surface area contributed by atoms with Crippen LogP contribution in [0.1, 0.15) is 18.1 Å². The third-order valence-corrected chi connectivity index (χ3v) is 3.10. The van der Waals surface area contributed by atoms with Gasteiger partial charge in [-0.25, -0.2) is 8.78 Å². The monoisotopic (exact) mass is 271 g/mol. The Morgan fingerprint density at radius 3 is 2.95 bits per heavy atom. The summed E-state index contributed by atoms with van der Waals surface area (Å²) in [5.41, 5.74) is 0.554. The molecule has 0 radical (unpaired) electrons. The quantitative estimate of drug-likeness (QED) is 0.844. The first-order valence-corrected chi connectivity index (χ1v) is 5.98. The van der Waals surface area contributed by atoms with Gasteiger partial charge in [-0.15, -0.1) is 0 Å². The predicted octanol–water partition coefficient (Wildman–Crippen LogP) is 1.56. The second kappa shape index (κ2) is 6.08. The van der Waals surface area contributed by atoms with E-state index in [2.05, 4.69) is 10.1 Å². The highest BCUT2D eigenvalue weighted by Gasteiger charge is 2.30. The van der Waals surface area contributed by atoms with Gasteiger partial charge in [0.05, 0.1) is 19.8 Å². The molecule has 104 valence electrons. The minimum absolute atomic E-state index is 0.0602. The topological polar surface area (TPSA) is 47.6 Å². The van der Waals surface area contributed by atoms with Gasteiger partial charge in [-0.05, 0) is 24.1 Å². The maximum Gasteiger partial charge on any atom is 0.319 e. The van der Waals surface area contributed by atoms with Gasteiger partial charge in [0.1, 0.15) is 0 Å². The Kier molecular flexibility index (Phi) is 4.44. The highest BCUT2D eigenvalue weighted by Crippen LogP contribution is 2.29. The van der Waals surface area contributed by atoms with E-state index < -0.39 is 11.6 Å². The molecule has 0 saturated carbocycles. The number of esters is 1. The lowest BCUT2D eigenvalue weighted by Gasteiger charge is -2.19. The van der Waals surface area contributed by atoms with E-state index in [1.807, 2.05) is 0 Å². The summed E-state index contributed by atoms with van der Waals surface area (Å²) in [4.78, 5) is 11.1. The lowest BCUT2D eigenvalue weighted by molar-refractivity contribution is -0.139. The van der Waals surface area contributed by atoms with Crippen molar-refractivity contribution in [2.75, 3.05) is 20.3 Å². The number of benzene rings is 1. The fraction of sp³-hybridized carbons (Fsp3) is 0.462. The minimum Gasteiger partial charge on any atom is -0.468 e. The Hall–Kier alpha value is -1.53. The molecule has 1 N–H and O–H groups in total. The van der Waals surface area contributed by atoms with Gasteiger partial charge in [0.2, 0.25) is 0 Å². The molecule has 0 amide bonds. The van der Waals surface area contributed by atoms with Crippen LogP contribution in [0.25, 0.3) is 0 Å². The van der Waals surface area contributed by atoms with Gasteiger partial charge in [-0.3, -0.25) is 4.79 Å². The third kappa shape index (κ3) is 3.27. The summed E-state index contributed by atoms with van der Waals surface area (Å²) in [5.74, 6) is -2.17. The highest BCUT2D eigenvalue weighted by atomic mass is 19.2. The summed E-state index contributed by atoms with van der Waals surface area (Å²) in [6, 6.07) is 3.56. The lowest BCUT2D eigenvalue weighted by Crippen LogP contribution is -2.36. The third-order valence-electron chi connectivity index (χ3n) is 3.10. The van der Waals surface area contributed by atoms with E-state index in [9.17, 15) is 13.6 Å². The van der Waals surface area contributed by atoms with Gasteiger partial charge < -0.3 is 14.8 Å². The van der Waals surface area contributed by atoms with Gasteiger partial charge in [0, 0.05) is 12.6 Å². The predicted molar refractivity (Wildman–Crippen MR) is 63.5 cm³/mol. The number of hydrogen-bond acceptors (Lipinski definition) is 4. The molecule has 6 heteroatoms. The van der Waals surface area contributed by atoms with Gasteiger partial charge >= 0.3 is 5.97 Å². The van der Waals surface area contributed by atoms with Crippen LogP contribution in [0.5, 0.6) is 0 Å². The molecule has 0 spiro atoms. The van der Waals surface area contributed by atoms with Crippen molar-refractivity contribution < 1.29 is 23.0 Å². The van der Waals surface area contributed by atoms with Crippen LogP contribution in [-0.4, -0.2) is 32.3 Å². The molecular weight excluding hydrogens is 256 g/mol. The van der Waals surface area contributed by atoms with E-state index in [4.69, 9.17) is 4.74 Å². The summed E-state index contributed by atoms with van der Waals surface area (Å²) in [7, 11) is 1.31. The van der Waals surface area contributed by atoms with Crippen LogP contribution >= 0.6 is 0 Å². The molecule has 1 aromatic carbocycles. The number of halogens is 2. The first-order valence-electron chi connectivity index (χ1n) is 5.98. The molecule has 1 fully saturated rings. The molecule has 2 atom stereocenters. The van der Waals surface area contributed by atoms with Crippen LogP contribution in [0.15, 0.2) is 18.2 Å². The minimum atomic E-state index is -0.903. The van der Waals surface area contributed by atoms with Crippen LogP contribution in [0.4, 0.5) is 8.78 Å². The fourth-order valence-corrected chi connectivity index (χ4v) is 2.10. The van der Waals surface area contributed by atoms with Crippen LogP contribution in [0.3, 0.4) is 0 Å². The second-order valence-corrected chi connectivity index (χ2v) is 4.32. The Bertz CT molecular complexity index is 467. The highest BCUT2D eigenvalue weighted by molar-refractivity contribution is 5.71. The molecule has 0 aromatic heterocycles. The van der Waals surface area contributed by atoms with Crippen molar-refractivity contribution in [1.29, 1.82) is 0 Å². The van der Waals surface area contributed by atoms with E-state index >= 15 is 0 Å². The molecule has 1 heterocycles. The Labute approximate surface area is 109 Å². The number of carbonyl (C=O) groups is 1. The van der Waals surface area contributed by atoms with Crippen LogP contribution in [-0.2, 0) is 14.3 Å². The smallest absolute Gasteiger partial charge is 0.319 e. The maximum absolute atomic E-state index is 13.2. The van der Waals surface area contributed by atoms with Crippen molar-refractivity contribution in [3.63, 3.8) is 0 Å². The van der Waals surface area contributed by atoms with Crippen LogP contribution in [0.2, 0.25) is 0 Å². The Balaban J connectivity index is 2.05. The molecule has 1 aliphatic heterocycles. The van der Waals surface area contributed by atoms with Crippen molar-refractivity contribution >= 4 is 5.97 Å². The molecule has 0 aliphatic carbocycles. The second-order valence-electron chi connectivity index (χ2n) is 4.32. The molecule has 0 unspecified atom stereocenters. The normalized spacial score (nSPS) is 22.5. The zero-order valence-electron chi connectivity index (χ0n) is 10.5. The number of ether oxygens (including phenoxy) is 2. The van der Waals surface area contributed by atoms with Crippen LogP contribution in [0, 0.1) is 11.6 Å². The standard InChI is InChI=1S/C13H15F2NO3/c1-18-12(17)7-16-11-4-5-19-13(11)8-2-3-9(14)10(15)6-8/h2-3,6,11,13,16H,4-5,7H2,1H3/t11-,13+/m1/s1. The first-order chi connectivity index (χ1) is 9.11.